The number of benzene rings is 2. The first-order valence-corrected chi connectivity index (χ1v) is 10.7. The molecule has 1 aliphatic rings. The zero-order chi connectivity index (χ0) is 21.3. The van der Waals surface area contributed by atoms with Crippen molar-refractivity contribution in [1.82, 2.24) is 9.55 Å². The Morgan fingerprint density at radius 2 is 2.17 bits per heavy atom. The van der Waals surface area contributed by atoms with Gasteiger partial charge >= 0.3 is 5.97 Å². The van der Waals surface area contributed by atoms with Crippen molar-refractivity contribution in [1.29, 1.82) is 0 Å². The highest BCUT2D eigenvalue weighted by atomic mass is 35.5. The zero-order valence-corrected chi connectivity index (χ0v) is 17.4. The normalized spacial score (nSPS) is 16.3. The van der Waals surface area contributed by atoms with E-state index in [0.29, 0.717) is 45.5 Å². The summed E-state index contributed by atoms with van der Waals surface area (Å²) >= 11 is 7.42. The molecule has 1 aromatic heterocycles. The number of fused-ring (bicyclic) bond motifs is 1. The Labute approximate surface area is 180 Å². The van der Waals surface area contributed by atoms with Crippen LogP contribution >= 0.6 is 23.4 Å². The van der Waals surface area contributed by atoms with E-state index in [1.807, 2.05) is 0 Å². The number of nitrogens with zero attached hydrogens (tertiary/aromatic N) is 2. The minimum atomic E-state index is -1.09. The van der Waals surface area contributed by atoms with Crippen LogP contribution in [0.3, 0.4) is 0 Å². The van der Waals surface area contributed by atoms with Crippen LogP contribution in [-0.4, -0.2) is 33.3 Å². The van der Waals surface area contributed by atoms with Crippen molar-refractivity contribution in [2.75, 3.05) is 6.61 Å². The van der Waals surface area contributed by atoms with Gasteiger partial charge in [-0.05, 0) is 48.7 Å². The summed E-state index contributed by atoms with van der Waals surface area (Å²) in [5.74, 6) is -1.13. The molecule has 0 aliphatic carbocycles. The minimum absolute atomic E-state index is 0.0591. The second-order valence-corrected chi connectivity index (χ2v) is 8.36. The van der Waals surface area contributed by atoms with Gasteiger partial charge in [0.2, 0.25) is 0 Å². The van der Waals surface area contributed by atoms with E-state index < -0.39 is 11.8 Å². The predicted octanol–water partition coefficient (Wildman–Crippen LogP) is 4.36. The second-order valence-electron chi connectivity index (χ2n) is 7.01. The summed E-state index contributed by atoms with van der Waals surface area (Å²) in [7, 11) is 0. The van der Waals surface area contributed by atoms with Crippen LogP contribution < -0.4 is 5.56 Å². The molecule has 1 saturated heterocycles. The third kappa shape index (κ3) is 4.35. The molecule has 156 valence electrons. The highest BCUT2D eigenvalue weighted by Crippen LogP contribution is 2.28. The highest BCUT2D eigenvalue weighted by molar-refractivity contribution is 7.98. The fourth-order valence-corrected chi connectivity index (χ4v) is 4.70. The van der Waals surface area contributed by atoms with Gasteiger partial charge in [0.15, 0.2) is 5.16 Å². The molecule has 0 saturated carbocycles. The molecule has 6 nitrogen and oxygen atoms in total. The van der Waals surface area contributed by atoms with Gasteiger partial charge in [-0.1, -0.05) is 29.4 Å². The monoisotopic (exact) mass is 448 g/mol. The van der Waals surface area contributed by atoms with Gasteiger partial charge in [0.1, 0.15) is 5.82 Å². The molecule has 1 fully saturated rings. The van der Waals surface area contributed by atoms with E-state index in [2.05, 4.69) is 4.98 Å². The van der Waals surface area contributed by atoms with Crippen molar-refractivity contribution in [3.63, 3.8) is 0 Å². The van der Waals surface area contributed by atoms with Crippen molar-refractivity contribution >= 4 is 40.2 Å². The van der Waals surface area contributed by atoms with Crippen LogP contribution in [0.15, 0.2) is 46.3 Å². The molecule has 0 bridgehead atoms. The SMILES string of the molecule is O=C(O)c1ccc2c(=O)n(C[C@H]3CCCO3)c(SCc3ccc(F)cc3Cl)nc2c1. The van der Waals surface area contributed by atoms with Gasteiger partial charge in [-0.3, -0.25) is 9.36 Å². The maximum atomic E-state index is 13.3. The van der Waals surface area contributed by atoms with Gasteiger partial charge < -0.3 is 9.84 Å². The number of rotatable bonds is 6. The predicted molar refractivity (Wildman–Crippen MR) is 113 cm³/mol. The number of carboxylic acids is 1. The Bertz CT molecular complexity index is 1180. The van der Waals surface area contributed by atoms with Crippen LogP contribution in [0.4, 0.5) is 4.39 Å². The van der Waals surface area contributed by atoms with E-state index in [9.17, 15) is 19.1 Å². The highest BCUT2D eigenvalue weighted by Gasteiger charge is 2.21. The molecule has 0 radical (unpaired) electrons. The summed E-state index contributed by atoms with van der Waals surface area (Å²) in [6.45, 7) is 1.03. The average Bonchev–Trinajstić information content (AvgIpc) is 3.22. The van der Waals surface area contributed by atoms with Gasteiger partial charge in [0, 0.05) is 17.4 Å². The number of aromatic carboxylic acids is 1. The summed E-state index contributed by atoms with van der Waals surface area (Å²) in [6, 6.07) is 8.44. The first kappa shape index (κ1) is 20.8. The summed E-state index contributed by atoms with van der Waals surface area (Å²) in [4.78, 5) is 29.1. The maximum Gasteiger partial charge on any atom is 0.335 e. The molecule has 1 N–H and O–H groups in total. The Morgan fingerprint density at radius 3 is 2.87 bits per heavy atom. The molecule has 0 unspecified atom stereocenters. The first-order chi connectivity index (χ1) is 14.4. The van der Waals surface area contributed by atoms with Gasteiger partial charge in [-0.15, -0.1) is 0 Å². The number of hydrogen-bond acceptors (Lipinski definition) is 5. The fraction of sp³-hybridized carbons (Fsp3) is 0.286. The smallest absolute Gasteiger partial charge is 0.335 e. The van der Waals surface area contributed by atoms with Crippen LogP contribution in [-0.2, 0) is 17.0 Å². The largest absolute Gasteiger partial charge is 0.478 e. The second kappa shape index (κ2) is 8.75. The van der Waals surface area contributed by atoms with Crippen LogP contribution in [0.5, 0.6) is 0 Å². The van der Waals surface area contributed by atoms with Crippen LogP contribution in [0.2, 0.25) is 5.02 Å². The number of halogens is 2. The molecule has 1 atom stereocenters. The van der Waals surface area contributed by atoms with Gasteiger partial charge in [0.25, 0.3) is 5.56 Å². The topological polar surface area (TPSA) is 81.4 Å². The minimum Gasteiger partial charge on any atom is -0.478 e. The van der Waals surface area contributed by atoms with Crippen molar-refractivity contribution < 1.29 is 19.0 Å². The van der Waals surface area contributed by atoms with E-state index in [1.165, 1.54) is 42.1 Å². The maximum absolute atomic E-state index is 13.3. The molecule has 30 heavy (non-hydrogen) atoms. The van der Waals surface area contributed by atoms with Crippen molar-refractivity contribution in [3.8, 4) is 0 Å². The molecule has 0 amide bonds. The van der Waals surface area contributed by atoms with E-state index in [4.69, 9.17) is 16.3 Å². The van der Waals surface area contributed by atoms with Crippen molar-refractivity contribution in [3.05, 3.63) is 68.7 Å². The summed E-state index contributed by atoms with van der Waals surface area (Å²) < 4.78 is 20.6. The number of thioether (sulfide) groups is 1. The Balaban J connectivity index is 1.75. The first-order valence-electron chi connectivity index (χ1n) is 9.38. The van der Waals surface area contributed by atoms with E-state index in [1.54, 1.807) is 10.6 Å². The summed E-state index contributed by atoms with van der Waals surface area (Å²) in [5, 5.41) is 10.3. The molecule has 9 heteroatoms. The molecule has 0 spiro atoms. The molecular formula is C21H18ClFN2O4S. The lowest BCUT2D eigenvalue weighted by Gasteiger charge is -2.17. The quantitative estimate of drug-likeness (QED) is 0.445. The lowest BCUT2D eigenvalue weighted by atomic mass is 10.1. The van der Waals surface area contributed by atoms with Crippen LogP contribution in [0, 0.1) is 5.82 Å². The van der Waals surface area contributed by atoms with E-state index >= 15 is 0 Å². The lowest BCUT2D eigenvalue weighted by molar-refractivity contribution is 0.0697. The van der Waals surface area contributed by atoms with E-state index in [-0.39, 0.29) is 17.2 Å². The number of aromatic nitrogens is 2. The summed E-state index contributed by atoms with van der Waals surface area (Å²) in [6.07, 6.45) is 1.72. The Kier molecular flexibility index (Phi) is 6.08. The van der Waals surface area contributed by atoms with Crippen molar-refractivity contribution in [2.24, 2.45) is 0 Å². The Morgan fingerprint density at radius 1 is 1.33 bits per heavy atom. The van der Waals surface area contributed by atoms with Crippen LogP contribution in [0.1, 0.15) is 28.8 Å². The van der Waals surface area contributed by atoms with E-state index in [0.717, 1.165) is 12.8 Å². The number of carbonyl (C=O) groups is 1. The number of carboxylic acid groups (broad SMARTS) is 1. The van der Waals surface area contributed by atoms with Crippen molar-refractivity contribution in [2.45, 2.75) is 36.4 Å². The fourth-order valence-electron chi connectivity index (χ4n) is 3.38. The van der Waals surface area contributed by atoms with Crippen LogP contribution in [0.25, 0.3) is 10.9 Å². The lowest BCUT2D eigenvalue weighted by Crippen LogP contribution is -2.29. The molecule has 2 heterocycles. The third-order valence-electron chi connectivity index (χ3n) is 4.95. The zero-order valence-electron chi connectivity index (χ0n) is 15.8. The molecule has 4 rings (SSSR count). The molecule has 3 aromatic rings. The van der Waals surface area contributed by atoms with Gasteiger partial charge in [0.05, 0.1) is 29.1 Å². The third-order valence-corrected chi connectivity index (χ3v) is 6.33. The number of hydrogen-bond donors (Lipinski definition) is 1. The van der Waals surface area contributed by atoms with Gasteiger partial charge in [-0.2, -0.15) is 0 Å². The summed E-state index contributed by atoms with van der Waals surface area (Å²) in [5.41, 5.74) is 0.834. The standard InChI is InChI=1S/C21H18ClFN2O4S/c22-17-9-14(23)5-3-13(17)11-30-21-24-18-8-12(20(27)28)4-6-16(18)19(26)25(21)10-15-2-1-7-29-15/h3-6,8-9,15H,1-2,7,10-11H2,(H,27,28)/t15-/m1/s1. The number of ether oxygens (including phenoxy) is 1. The Hall–Kier alpha value is -2.42. The average molecular weight is 449 g/mol. The van der Waals surface area contributed by atoms with Gasteiger partial charge in [-0.25, -0.2) is 14.2 Å². The molecule has 2 aromatic carbocycles. The molecule has 1 aliphatic heterocycles. The molecular weight excluding hydrogens is 431 g/mol.